The number of hydrogen-bond donors (Lipinski definition) is 1. The Morgan fingerprint density at radius 2 is 2.00 bits per heavy atom. The zero-order valence-electron chi connectivity index (χ0n) is 11.3. The number of ether oxygens (including phenoxy) is 1. The Bertz CT molecular complexity index is 688. The van der Waals surface area contributed by atoms with E-state index in [4.69, 9.17) is 10.5 Å². The van der Waals surface area contributed by atoms with Gasteiger partial charge in [0, 0.05) is 31.1 Å². The molecule has 0 aliphatic rings. The van der Waals surface area contributed by atoms with Gasteiger partial charge in [0.15, 0.2) is 5.43 Å². The molecule has 0 bridgehead atoms. The summed E-state index contributed by atoms with van der Waals surface area (Å²) in [6.45, 7) is 0.981. The predicted octanol–water partition coefficient (Wildman–Crippen LogP) is 1.22. The second-order valence-electron chi connectivity index (χ2n) is 4.25. The molecule has 0 fully saturated rings. The van der Waals surface area contributed by atoms with Crippen molar-refractivity contribution in [1.82, 2.24) is 4.57 Å². The molecule has 1 heterocycles. The van der Waals surface area contributed by atoms with Crippen LogP contribution in [0.1, 0.15) is 11.1 Å². The molecule has 0 amide bonds. The van der Waals surface area contributed by atoms with E-state index in [1.165, 1.54) is 0 Å². The second kappa shape index (κ2) is 6.60. The predicted molar refractivity (Wildman–Crippen MR) is 78.7 cm³/mol. The van der Waals surface area contributed by atoms with Crippen LogP contribution in [0.2, 0.25) is 0 Å². The maximum atomic E-state index is 11.1. The number of methoxy groups -OCH3 is 1. The van der Waals surface area contributed by atoms with Gasteiger partial charge in [-0.3, -0.25) is 4.79 Å². The molecule has 0 atom stereocenters. The van der Waals surface area contributed by atoms with Crippen LogP contribution in [-0.2, 0) is 6.54 Å². The van der Waals surface area contributed by atoms with Gasteiger partial charge in [0.1, 0.15) is 5.75 Å². The van der Waals surface area contributed by atoms with Gasteiger partial charge in [-0.15, -0.1) is 0 Å². The Balaban J connectivity index is 2.28. The zero-order valence-corrected chi connectivity index (χ0v) is 11.3. The number of rotatable bonds is 3. The Kier molecular flexibility index (Phi) is 4.59. The minimum absolute atomic E-state index is 0.00508. The van der Waals surface area contributed by atoms with Crippen molar-refractivity contribution in [2.24, 2.45) is 5.73 Å². The molecule has 4 heteroatoms. The second-order valence-corrected chi connectivity index (χ2v) is 4.25. The van der Waals surface area contributed by atoms with Crippen molar-refractivity contribution in [3.05, 3.63) is 64.1 Å². The van der Waals surface area contributed by atoms with Crippen LogP contribution < -0.4 is 15.9 Å². The van der Waals surface area contributed by atoms with E-state index in [2.05, 4.69) is 11.8 Å². The lowest BCUT2D eigenvalue weighted by molar-refractivity contribution is 0.413. The topological polar surface area (TPSA) is 57.2 Å². The third-order valence-corrected chi connectivity index (χ3v) is 2.81. The highest BCUT2D eigenvalue weighted by molar-refractivity contribution is 5.48. The SMILES string of the molecule is COc1ccc(Cn2ccc(=O)cc2)cc1C#CCN. The lowest BCUT2D eigenvalue weighted by Gasteiger charge is -2.09. The maximum Gasteiger partial charge on any atom is 0.181 e. The van der Waals surface area contributed by atoms with Crippen LogP contribution in [0.3, 0.4) is 0 Å². The third-order valence-electron chi connectivity index (χ3n) is 2.81. The summed E-state index contributed by atoms with van der Waals surface area (Å²) in [4.78, 5) is 11.1. The van der Waals surface area contributed by atoms with E-state index in [1.54, 1.807) is 31.6 Å². The number of nitrogens with zero attached hydrogens (tertiary/aromatic N) is 1. The molecule has 2 N–H and O–H groups in total. The molecule has 102 valence electrons. The van der Waals surface area contributed by atoms with Gasteiger partial charge in [0.05, 0.1) is 19.2 Å². The van der Waals surface area contributed by atoms with E-state index in [0.29, 0.717) is 13.1 Å². The van der Waals surface area contributed by atoms with E-state index in [9.17, 15) is 4.79 Å². The minimum Gasteiger partial charge on any atom is -0.495 e. The average molecular weight is 268 g/mol. The molecule has 1 aromatic heterocycles. The molecule has 0 unspecified atom stereocenters. The van der Waals surface area contributed by atoms with E-state index in [0.717, 1.165) is 16.9 Å². The first-order valence-corrected chi connectivity index (χ1v) is 6.25. The van der Waals surface area contributed by atoms with Crippen molar-refractivity contribution in [3.63, 3.8) is 0 Å². The monoisotopic (exact) mass is 268 g/mol. The Hall–Kier alpha value is -2.51. The summed E-state index contributed by atoms with van der Waals surface area (Å²) < 4.78 is 7.21. The fourth-order valence-electron chi connectivity index (χ4n) is 1.86. The molecule has 2 aromatic rings. The first kappa shape index (κ1) is 13.9. The van der Waals surface area contributed by atoms with Gasteiger partial charge >= 0.3 is 0 Å². The maximum absolute atomic E-state index is 11.1. The molecule has 0 spiro atoms. The standard InChI is InChI=1S/C16H16N2O2/c1-20-16-5-4-13(11-14(16)3-2-8-17)12-18-9-6-15(19)7-10-18/h4-7,9-11H,8,12,17H2,1H3. The van der Waals surface area contributed by atoms with Crippen LogP contribution in [0.25, 0.3) is 0 Å². The van der Waals surface area contributed by atoms with Crippen LogP contribution in [0.5, 0.6) is 5.75 Å². The van der Waals surface area contributed by atoms with Crippen molar-refractivity contribution in [2.75, 3.05) is 13.7 Å². The van der Waals surface area contributed by atoms with E-state index < -0.39 is 0 Å². The summed E-state index contributed by atoms with van der Waals surface area (Å²) in [5.41, 5.74) is 7.30. The van der Waals surface area contributed by atoms with Gasteiger partial charge in [-0.25, -0.2) is 0 Å². The van der Waals surface area contributed by atoms with Gasteiger partial charge < -0.3 is 15.0 Å². The van der Waals surface area contributed by atoms with Crippen molar-refractivity contribution in [1.29, 1.82) is 0 Å². The molecule has 20 heavy (non-hydrogen) atoms. The minimum atomic E-state index is 0.00508. The fourth-order valence-corrected chi connectivity index (χ4v) is 1.86. The normalized spacial score (nSPS) is 9.70. The number of nitrogens with two attached hydrogens (primary N) is 1. The summed E-state index contributed by atoms with van der Waals surface area (Å²) in [6, 6.07) is 8.92. The summed E-state index contributed by atoms with van der Waals surface area (Å²) in [5, 5.41) is 0. The van der Waals surface area contributed by atoms with Crippen molar-refractivity contribution >= 4 is 0 Å². The number of hydrogen-bond acceptors (Lipinski definition) is 3. The average Bonchev–Trinajstić information content (AvgIpc) is 2.47. The van der Waals surface area contributed by atoms with Crippen LogP contribution in [0.4, 0.5) is 0 Å². The van der Waals surface area contributed by atoms with Crippen LogP contribution in [-0.4, -0.2) is 18.2 Å². The molecule has 0 saturated heterocycles. The highest BCUT2D eigenvalue weighted by Gasteiger charge is 2.02. The van der Waals surface area contributed by atoms with Crippen LogP contribution >= 0.6 is 0 Å². The van der Waals surface area contributed by atoms with Gasteiger partial charge in [0.25, 0.3) is 0 Å². The zero-order chi connectivity index (χ0) is 14.4. The fraction of sp³-hybridized carbons (Fsp3) is 0.188. The van der Waals surface area contributed by atoms with Gasteiger partial charge in [-0.2, -0.15) is 0 Å². The third kappa shape index (κ3) is 3.50. The molecule has 0 saturated carbocycles. The van der Waals surface area contributed by atoms with Crippen molar-refractivity contribution in [2.45, 2.75) is 6.54 Å². The smallest absolute Gasteiger partial charge is 0.181 e. The van der Waals surface area contributed by atoms with Gasteiger partial charge in [-0.05, 0) is 17.7 Å². The molecule has 0 aliphatic carbocycles. The first-order chi connectivity index (χ1) is 9.72. The van der Waals surface area contributed by atoms with E-state index in [-0.39, 0.29) is 5.43 Å². The van der Waals surface area contributed by atoms with Crippen LogP contribution in [0.15, 0.2) is 47.5 Å². The summed E-state index contributed by atoms with van der Waals surface area (Å²) in [7, 11) is 1.62. The quantitative estimate of drug-likeness (QED) is 0.851. The summed E-state index contributed by atoms with van der Waals surface area (Å²) >= 11 is 0. The van der Waals surface area contributed by atoms with Gasteiger partial charge in [-0.1, -0.05) is 17.9 Å². The molecule has 2 rings (SSSR count). The highest BCUT2D eigenvalue weighted by atomic mass is 16.5. The molecule has 0 radical (unpaired) electrons. The van der Waals surface area contributed by atoms with Crippen molar-refractivity contribution < 1.29 is 4.74 Å². The number of pyridine rings is 1. The largest absolute Gasteiger partial charge is 0.495 e. The van der Waals surface area contributed by atoms with Gasteiger partial charge in [0.2, 0.25) is 0 Å². The Morgan fingerprint density at radius 3 is 2.65 bits per heavy atom. The Morgan fingerprint density at radius 1 is 1.25 bits per heavy atom. The number of aromatic nitrogens is 1. The van der Waals surface area contributed by atoms with E-state index in [1.807, 2.05) is 22.8 Å². The molecular formula is C16H16N2O2. The Labute approximate surface area is 117 Å². The summed E-state index contributed by atoms with van der Waals surface area (Å²) in [5.74, 6) is 6.56. The molecule has 4 nitrogen and oxygen atoms in total. The molecule has 0 aliphatic heterocycles. The molecule has 1 aromatic carbocycles. The lowest BCUT2D eigenvalue weighted by Crippen LogP contribution is -2.05. The highest BCUT2D eigenvalue weighted by Crippen LogP contribution is 2.19. The van der Waals surface area contributed by atoms with Crippen molar-refractivity contribution in [3.8, 4) is 17.6 Å². The first-order valence-electron chi connectivity index (χ1n) is 6.25. The van der Waals surface area contributed by atoms with E-state index >= 15 is 0 Å². The molecular weight excluding hydrogens is 252 g/mol. The summed E-state index contributed by atoms with van der Waals surface area (Å²) in [6.07, 6.45) is 3.52. The van der Waals surface area contributed by atoms with Crippen LogP contribution in [0, 0.1) is 11.8 Å². The lowest BCUT2D eigenvalue weighted by atomic mass is 10.1. The number of benzene rings is 1.